The molecular weight excluding hydrogens is 985 g/mol. The maximum absolute atomic E-state index is 12.7. The van der Waals surface area contributed by atoms with Gasteiger partial charge in [-0.05, 0) is 80.5 Å². The van der Waals surface area contributed by atoms with Crippen molar-refractivity contribution in [2.45, 2.75) is 216 Å². The molecule has 416 valence electrons. The molecule has 8 fully saturated rings. The second-order valence-electron chi connectivity index (χ2n) is 23.1. The summed E-state index contributed by atoms with van der Waals surface area (Å²) in [6.07, 6.45) is -18.3. The van der Waals surface area contributed by atoms with Crippen molar-refractivity contribution < 1.29 is 105 Å². The number of ether oxygens (including phenoxy) is 9. The third kappa shape index (κ3) is 10.2. The van der Waals surface area contributed by atoms with Gasteiger partial charge >= 0.3 is 16.4 Å². The van der Waals surface area contributed by atoms with Gasteiger partial charge in [-0.3, -0.25) is 4.55 Å². The summed E-state index contributed by atoms with van der Waals surface area (Å²) in [7, 11) is -5.15. The van der Waals surface area contributed by atoms with Crippen molar-refractivity contribution in [2.75, 3.05) is 19.8 Å². The van der Waals surface area contributed by atoms with E-state index < -0.39 is 151 Å². The molecule has 27 atom stereocenters. The Hall–Kier alpha value is -1.82. The van der Waals surface area contributed by atoms with E-state index in [2.05, 4.69) is 33.4 Å². The van der Waals surface area contributed by atoms with Crippen molar-refractivity contribution in [3.05, 3.63) is 23.8 Å². The zero-order valence-electron chi connectivity index (χ0n) is 42.4. The van der Waals surface area contributed by atoms with Crippen LogP contribution in [0.2, 0.25) is 0 Å². The summed E-state index contributed by atoms with van der Waals surface area (Å²) >= 11 is 0. The molecule has 0 bridgehead atoms. The Labute approximate surface area is 426 Å². The molecule has 5 saturated heterocycles. The van der Waals surface area contributed by atoms with Crippen molar-refractivity contribution in [3.63, 3.8) is 0 Å². The molecule has 0 aromatic heterocycles. The highest BCUT2D eigenvalue weighted by Crippen LogP contribution is 2.71. The van der Waals surface area contributed by atoms with Crippen LogP contribution in [0.1, 0.15) is 99.3 Å². The zero-order chi connectivity index (χ0) is 52.9. The van der Waals surface area contributed by atoms with E-state index >= 15 is 0 Å². The van der Waals surface area contributed by atoms with E-state index in [1.807, 2.05) is 0 Å². The number of aliphatic hydroxyl groups is 8. The smallest absolute Gasteiger partial charge is 0.397 e. The van der Waals surface area contributed by atoms with E-state index in [4.69, 9.17) is 46.8 Å². The number of rotatable bonds is 13. The van der Waals surface area contributed by atoms with Gasteiger partial charge in [0.2, 0.25) is 0 Å². The van der Waals surface area contributed by atoms with Crippen LogP contribution in [-0.2, 0) is 62.0 Å². The maximum Gasteiger partial charge on any atom is 0.397 e. The van der Waals surface area contributed by atoms with Gasteiger partial charge in [0.25, 0.3) is 0 Å². The van der Waals surface area contributed by atoms with Gasteiger partial charge in [0.05, 0.1) is 37.6 Å². The standard InChI is InChI=1S/C50H78O22S/c1-8-22(3)35(51)44(59)63-19-31-37(53)40(56)42(58)46(68-31)67-26-15-25-9-10-27-28(12-13-48(6)29(27)17-30-34(48)23(4)50(71-30)14-11-21(2)18-65-50)49(25,7)33(16-26)69-47-43(38(54)32(20-64-47)72-73(60,61)62)70-45-41(57)39(55)36(52)24(5)66-45/h9,22-24,26-43,45-47,51-58H,2,8,10-20H2,1,3-7H3,(H,60,61,62)/t22-,23-,24-,26+,27+,28-,29-,30-,31+,32-,33+,34-,35+,36-,37+,38-,39+,40-,41+,42+,43+,45-,46+,47-,48-,49-,50+/m0/s1. The van der Waals surface area contributed by atoms with Gasteiger partial charge in [-0.15, -0.1) is 0 Å². The third-order valence-corrected chi connectivity index (χ3v) is 19.5. The van der Waals surface area contributed by atoms with Gasteiger partial charge in [0.15, 0.2) is 30.8 Å². The average molecular weight is 1060 g/mol. The van der Waals surface area contributed by atoms with Crippen LogP contribution in [0.15, 0.2) is 23.8 Å². The van der Waals surface area contributed by atoms with Gasteiger partial charge in [-0.2, -0.15) is 8.42 Å². The number of hydrogen-bond donors (Lipinski definition) is 9. The first-order valence-corrected chi connectivity index (χ1v) is 27.5. The van der Waals surface area contributed by atoms with E-state index in [1.54, 1.807) is 13.8 Å². The zero-order valence-corrected chi connectivity index (χ0v) is 43.2. The lowest BCUT2D eigenvalue weighted by molar-refractivity contribution is -0.363. The van der Waals surface area contributed by atoms with E-state index in [-0.39, 0.29) is 47.5 Å². The summed E-state index contributed by atoms with van der Waals surface area (Å²) in [5.74, 6) is -1.23. The van der Waals surface area contributed by atoms with Crippen LogP contribution in [0.25, 0.3) is 0 Å². The summed E-state index contributed by atoms with van der Waals surface area (Å²) in [6.45, 7) is 15.1. The average Bonchev–Trinajstić information content (AvgIpc) is 3.80. The van der Waals surface area contributed by atoms with Crippen LogP contribution >= 0.6 is 0 Å². The maximum atomic E-state index is 12.7. The van der Waals surface area contributed by atoms with Crippen LogP contribution < -0.4 is 0 Å². The molecule has 3 saturated carbocycles. The number of aliphatic hydroxyl groups excluding tert-OH is 8. The number of allylic oxidation sites excluding steroid dienone is 1. The number of carbonyl (C=O) groups is 1. The molecule has 9 N–H and O–H groups in total. The number of esters is 1. The van der Waals surface area contributed by atoms with Crippen molar-refractivity contribution in [1.82, 2.24) is 0 Å². The van der Waals surface area contributed by atoms with Gasteiger partial charge in [0, 0.05) is 24.2 Å². The van der Waals surface area contributed by atoms with Crippen LogP contribution in [0.4, 0.5) is 0 Å². The lowest BCUT2D eigenvalue weighted by Gasteiger charge is -2.61. The highest BCUT2D eigenvalue weighted by molar-refractivity contribution is 7.80. The Morgan fingerprint density at radius 1 is 0.890 bits per heavy atom. The molecule has 73 heavy (non-hydrogen) atoms. The molecular formula is C50H78O22S. The second-order valence-corrected chi connectivity index (χ2v) is 24.1. The fourth-order valence-electron chi connectivity index (χ4n) is 14.6. The molecule has 5 aliphatic heterocycles. The van der Waals surface area contributed by atoms with E-state index in [9.17, 15) is 58.6 Å². The minimum absolute atomic E-state index is 0.00307. The molecule has 9 aliphatic rings. The minimum atomic E-state index is -5.15. The Kier molecular flexibility index (Phi) is 16.2. The largest absolute Gasteiger partial charge is 0.461 e. The fourth-order valence-corrected chi connectivity index (χ4v) is 15.1. The van der Waals surface area contributed by atoms with Crippen molar-refractivity contribution >= 4 is 16.4 Å². The fraction of sp³-hybridized carbons (Fsp3) is 0.900. The van der Waals surface area contributed by atoms with Crippen LogP contribution in [-0.4, -0.2) is 196 Å². The molecule has 0 amide bonds. The van der Waals surface area contributed by atoms with Crippen molar-refractivity contribution in [3.8, 4) is 0 Å². The highest BCUT2D eigenvalue weighted by Gasteiger charge is 2.70. The van der Waals surface area contributed by atoms with Crippen molar-refractivity contribution in [1.29, 1.82) is 0 Å². The Morgan fingerprint density at radius 3 is 2.26 bits per heavy atom. The summed E-state index contributed by atoms with van der Waals surface area (Å²) in [5, 5.41) is 87.7. The molecule has 0 aromatic carbocycles. The molecule has 23 heteroatoms. The minimum Gasteiger partial charge on any atom is -0.461 e. The monoisotopic (exact) mass is 1060 g/mol. The number of hydrogen-bond acceptors (Lipinski definition) is 21. The molecule has 1 spiro atoms. The summed E-state index contributed by atoms with van der Waals surface area (Å²) in [4.78, 5) is 12.7. The number of fused-ring (bicyclic) bond motifs is 7. The lowest BCUT2D eigenvalue weighted by Crippen LogP contribution is -2.64. The molecule has 22 nitrogen and oxygen atoms in total. The van der Waals surface area contributed by atoms with Gasteiger partial charge in [-0.1, -0.05) is 64.8 Å². The first-order chi connectivity index (χ1) is 34.3. The van der Waals surface area contributed by atoms with Gasteiger partial charge in [0.1, 0.15) is 67.6 Å². The van der Waals surface area contributed by atoms with E-state index in [0.717, 1.165) is 49.7 Å². The van der Waals surface area contributed by atoms with Crippen LogP contribution in [0.3, 0.4) is 0 Å². The van der Waals surface area contributed by atoms with Crippen LogP contribution in [0.5, 0.6) is 0 Å². The van der Waals surface area contributed by atoms with Crippen LogP contribution in [0, 0.1) is 46.3 Å². The molecule has 5 heterocycles. The summed E-state index contributed by atoms with van der Waals surface area (Å²) in [6, 6.07) is 0. The summed E-state index contributed by atoms with van der Waals surface area (Å²) < 4.78 is 94.7. The molecule has 4 aliphatic carbocycles. The van der Waals surface area contributed by atoms with Gasteiger partial charge < -0.3 is 83.5 Å². The lowest BCUT2D eigenvalue weighted by atomic mass is 9.46. The van der Waals surface area contributed by atoms with Crippen molar-refractivity contribution in [2.24, 2.45) is 46.3 Å². The number of carbonyl (C=O) groups excluding carboxylic acids is 1. The first-order valence-electron chi connectivity index (χ1n) is 26.2. The van der Waals surface area contributed by atoms with Gasteiger partial charge in [-0.25, -0.2) is 8.98 Å². The molecule has 0 radical (unpaired) electrons. The second kappa shape index (κ2) is 21.1. The Morgan fingerprint density at radius 2 is 1.59 bits per heavy atom. The van der Waals surface area contributed by atoms with E-state index in [0.29, 0.717) is 19.4 Å². The predicted octanol–water partition coefficient (Wildman–Crippen LogP) is 0.529. The summed E-state index contributed by atoms with van der Waals surface area (Å²) in [5.41, 5.74) is 1.14. The Balaban J connectivity index is 1.01. The molecule has 9 rings (SSSR count). The molecule has 0 unspecified atom stereocenters. The first kappa shape index (κ1) is 55.9. The highest BCUT2D eigenvalue weighted by atomic mass is 32.3. The Bertz CT molecular complexity index is 2140. The molecule has 0 aromatic rings. The predicted molar refractivity (Wildman–Crippen MR) is 249 cm³/mol. The quantitative estimate of drug-likeness (QED) is 0.0690. The van der Waals surface area contributed by atoms with E-state index in [1.165, 1.54) is 6.92 Å². The normalized spacial score (nSPS) is 50.8. The SMILES string of the molecule is C=C1CC[C@@]2(OC1)O[C@H]1C[C@H]3[C@@H]4CC=C5C[C@@H](O[C@@H]6O[C@H](COC(=O)[C@H](O)[C@@H](C)CC)[C@@H](O)[C@H](O)[C@H]6O)C[C@@H](O[C@@H]6OC[C@H](OS(=O)(=O)O)[C@H](O)[C@H]6O[C@@H]6O[C@@H](C)[C@H](O)[C@@H](O)[C@H]6O)[C@]5(C)[C@H]4CC[C@]3(C)[C@H]1[C@@H]2C. The topological polar surface area (TPSA) is 326 Å². The third-order valence-electron chi connectivity index (χ3n) is 19.0.